The van der Waals surface area contributed by atoms with Crippen LogP contribution in [0.2, 0.25) is 0 Å². The summed E-state index contributed by atoms with van der Waals surface area (Å²) in [4.78, 5) is 13.7. The van der Waals surface area contributed by atoms with Crippen LogP contribution in [0.5, 0.6) is 0 Å². The standard InChI is InChI=1S/C12H23N3O/c1-10(11(16)14-13)15-8-6-12(7-9-15)4-2-3-5-12/h10H,2-9,13H2,1H3,(H,14,16). The highest BCUT2D eigenvalue weighted by Gasteiger charge is 2.38. The van der Waals surface area contributed by atoms with Crippen molar-refractivity contribution in [2.45, 2.75) is 51.5 Å². The minimum Gasteiger partial charge on any atom is -0.293 e. The Hall–Kier alpha value is -0.610. The minimum absolute atomic E-state index is 0.0672. The first kappa shape index (κ1) is 11.9. The van der Waals surface area contributed by atoms with E-state index in [0.717, 1.165) is 13.1 Å². The van der Waals surface area contributed by atoms with Crippen molar-refractivity contribution in [1.29, 1.82) is 0 Å². The molecule has 92 valence electrons. The number of hydrazine groups is 1. The molecule has 0 aromatic rings. The van der Waals surface area contributed by atoms with E-state index < -0.39 is 0 Å². The number of piperidine rings is 1. The molecule has 0 bridgehead atoms. The molecule has 3 N–H and O–H groups in total. The molecule has 1 heterocycles. The van der Waals surface area contributed by atoms with Crippen LogP contribution in [0.3, 0.4) is 0 Å². The Labute approximate surface area is 97.5 Å². The Morgan fingerprint density at radius 3 is 2.31 bits per heavy atom. The molecule has 2 rings (SSSR count). The predicted octanol–water partition coefficient (Wildman–Crippen LogP) is 1.02. The van der Waals surface area contributed by atoms with Crippen LogP contribution in [0, 0.1) is 5.41 Å². The Kier molecular flexibility index (Phi) is 3.50. The van der Waals surface area contributed by atoms with Gasteiger partial charge in [0.05, 0.1) is 6.04 Å². The van der Waals surface area contributed by atoms with Crippen LogP contribution in [0.4, 0.5) is 0 Å². The Balaban J connectivity index is 1.87. The number of carbonyl (C=O) groups is 1. The van der Waals surface area contributed by atoms with Crippen molar-refractivity contribution < 1.29 is 4.79 Å². The van der Waals surface area contributed by atoms with E-state index in [0.29, 0.717) is 5.41 Å². The lowest BCUT2D eigenvalue weighted by molar-refractivity contribution is -0.126. The summed E-state index contributed by atoms with van der Waals surface area (Å²) in [5.74, 6) is 5.10. The molecular formula is C12H23N3O. The van der Waals surface area contributed by atoms with Gasteiger partial charge in [-0.05, 0) is 51.1 Å². The molecule has 0 aromatic carbocycles. The van der Waals surface area contributed by atoms with Crippen molar-refractivity contribution in [2.24, 2.45) is 11.3 Å². The smallest absolute Gasteiger partial charge is 0.250 e. The summed E-state index contributed by atoms with van der Waals surface area (Å²) >= 11 is 0. The number of hydrogen-bond acceptors (Lipinski definition) is 3. The molecule has 1 spiro atoms. The number of nitrogens with one attached hydrogen (secondary N) is 1. The van der Waals surface area contributed by atoms with Gasteiger partial charge in [-0.1, -0.05) is 12.8 Å². The first-order chi connectivity index (χ1) is 7.67. The lowest BCUT2D eigenvalue weighted by atomic mass is 9.77. The van der Waals surface area contributed by atoms with E-state index in [4.69, 9.17) is 5.84 Å². The van der Waals surface area contributed by atoms with Crippen LogP contribution in [0.25, 0.3) is 0 Å². The molecular weight excluding hydrogens is 202 g/mol. The molecule has 1 aliphatic carbocycles. The van der Waals surface area contributed by atoms with Gasteiger partial charge in [0.1, 0.15) is 0 Å². The van der Waals surface area contributed by atoms with Gasteiger partial charge in [-0.3, -0.25) is 15.1 Å². The van der Waals surface area contributed by atoms with Crippen molar-refractivity contribution in [3.63, 3.8) is 0 Å². The zero-order valence-corrected chi connectivity index (χ0v) is 10.2. The van der Waals surface area contributed by atoms with E-state index in [1.54, 1.807) is 0 Å². The van der Waals surface area contributed by atoms with Gasteiger partial charge >= 0.3 is 0 Å². The molecule has 1 amide bonds. The van der Waals surface area contributed by atoms with Gasteiger partial charge in [-0.15, -0.1) is 0 Å². The van der Waals surface area contributed by atoms with E-state index in [9.17, 15) is 4.79 Å². The van der Waals surface area contributed by atoms with Crippen molar-refractivity contribution in [1.82, 2.24) is 10.3 Å². The van der Waals surface area contributed by atoms with E-state index in [2.05, 4.69) is 10.3 Å². The fourth-order valence-corrected chi connectivity index (χ4v) is 3.30. The number of nitrogens with zero attached hydrogens (tertiary/aromatic N) is 1. The maximum absolute atomic E-state index is 11.4. The van der Waals surface area contributed by atoms with Crippen molar-refractivity contribution in [3.8, 4) is 0 Å². The zero-order valence-electron chi connectivity index (χ0n) is 10.2. The molecule has 1 saturated heterocycles. The summed E-state index contributed by atoms with van der Waals surface area (Å²) in [7, 11) is 0. The third kappa shape index (κ3) is 2.23. The number of likely N-dealkylation sites (tertiary alicyclic amines) is 1. The van der Waals surface area contributed by atoms with Crippen LogP contribution in [-0.2, 0) is 4.79 Å². The first-order valence-corrected chi connectivity index (χ1v) is 6.41. The summed E-state index contributed by atoms with van der Waals surface area (Å²) < 4.78 is 0. The van der Waals surface area contributed by atoms with E-state index in [-0.39, 0.29) is 11.9 Å². The fourth-order valence-electron chi connectivity index (χ4n) is 3.30. The highest BCUT2D eigenvalue weighted by atomic mass is 16.2. The summed E-state index contributed by atoms with van der Waals surface area (Å²) in [5.41, 5.74) is 2.86. The molecule has 2 fully saturated rings. The van der Waals surface area contributed by atoms with Gasteiger partial charge in [0.2, 0.25) is 0 Å². The second kappa shape index (κ2) is 4.72. The molecule has 1 saturated carbocycles. The number of hydrogen-bond donors (Lipinski definition) is 2. The average molecular weight is 225 g/mol. The monoisotopic (exact) mass is 225 g/mol. The Morgan fingerprint density at radius 1 is 1.25 bits per heavy atom. The predicted molar refractivity (Wildman–Crippen MR) is 63.5 cm³/mol. The topological polar surface area (TPSA) is 58.4 Å². The quantitative estimate of drug-likeness (QED) is 0.419. The third-order valence-electron chi connectivity index (χ3n) is 4.59. The number of carbonyl (C=O) groups excluding carboxylic acids is 1. The van der Waals surface area contributed by atoms with Crippen LogP contribution in [0.1, 0.15) is 45.4 Å². The van der Waals surface area contributed by atoms with Gasteiger partial charge in [0.25, 0.3) is 5.91 Å². The molecule has 1 unspecified atom stereocenters. The van der Waals surface area contributed by atoms with Crippen LogP contribution >= 0.6 is 0 Å². The van der Waals surface area contributed by atoms with Crippen LogP contribution < -0.4 is 11.3 Å². The van der Waals surface area contributed by atoms with Crippen molar-refractivity contribution in [2.75, 3.05) is 13.1 Å². The molecule has 1 atom stereocenters. The minimum atomic E-state index is -0.0799. The average Bonchev–Trinajstić information content (AvgIpc) is 2.77. The largest absolute Gasteiger partial charge is 0.293 e. The van der Waals surface area contributed by atoms with Gasteiger partial charge in [-0.2, -0.15) is 0 Å². The zero-order chi connectivity index (χ0) is 11.6. The molecule has 16 heavy (non-hydrogen) atoms. The summed E-state index contributed by atoms with van der Waals surface area (Å²) in [6, 6.07) is -0.0799. The van der Waals surface area contributed by atoms with Gasteiger partial charge in [0.15, 0.2) is 0 Å². The third-order valence-corrected chi connectivity index (χ3v) is 4.59. The van der Waals surface area contributed by atoms with E-state index in [1.807, 2.05) is 6.92 Å². The summed E-state index contributed by atoms with van der Waals surface area (Å²) in [6.07, 6.45) is 8.12. The molecule has 4 heteroatoms. The van der Waals surface area contributed by atoms with Crippen LogP contribution in [0.15, 0.2) is 0 Å². The SMILES string of the molecule is CC(C(=O)NN)N1CCC2(CCCC2)CC1. The Bertz CT molecular complexity index is 251. The summed E-state index contributed by atoms with van der Waals surface area (Å²) in [5, 5.41) is 0. The van der Waals surface area contributed by atoms with E-state index in [1.165, 1.54) is 38.5 Å². The van der Waals surface area contributed by atoms with Crippen molar-refractivity contribution >= 4 is 5.91 Å². The number of amides is 1. The number of rotatable bonds is 2. The fraction of sp³-hybridized carbons (Fsp3) is 0.917. The first-order valence-electron chi connectivity index (χ1n) is 6.41. The second-order valence-electron chi connectivity index (χ2n) is 5.43. The van der Waals surface area contributed by atoms with Crippen molar-refractivity contribution in [3.05, 3.63) is 0 Å². The molecule has 0 radical (unpaired) electrons. The van der Waals surface area contributed by atoms with Gasteiger partial charge in [-0.25, -0.2) is 5.84 Å². The van der Waals surface area contributed by atoms with E-state index >= 15 is 0 Å². The maximum Gasteiger partial charge on any atom is 0.250 e. The summed E-state index contributed by atoms with van der Waals surface area (Å²) in [6.45, 7) is 4.04. The molecule has 0 aromatic heterocycles. The van der Waals surface area contributed by atoms with Crippen LogP contribution in [-0.4, -0.2) is 29.9 Å². The lowest BCUT2D eigenvalue weighted by Crippen LogP contribution is -2.51. The lowest BCUT2D eigenvalue weighted by Gasteiger charge is -2.41. The Morgan fingerprint density at radius 2 is 1.81 bits per heavy atom. The highest BCUT2D eigenvalue weighted by Crippen LogP contribution is 2.46. The maximum atomic E-state index is 11.4. The normalized spacial score (nSPS) is 26.9. The molecule has 2 aliphatic rings. The molecule has 4 nitrogen and oxygen atoms in total. The highest BCUT2D eigenvalue weighted by molar-refractivity contribution is 5.80. The van der Waals surface area contributed by atoms with Gasteiger partial charge < -0.3 is 0 Å². The second-order valence-corrected chi connectivity index (χ2v) is 5.43. The number of nitrogens with two attached hydrogens (primary N) is 1. The van der Waals surface area contributed by atoms with Gasteiger partial charge in [0, 0.05) is 0 Å². The molecule has 1 aliphatic heterocycles.